The first kappa shape index (κ1) is 13.2. The van der Waals surface area contributed by atoms with Gasteiger partial charge in [0, 0.05) is 0 Å². The minimum Gasteiger partial charge on any atom is -0.194 e. The van der Waals surface area contributed by atoms with Gasteiger partial charge in [-0.15, -0.1) is 3.89 Å². The van der Waals surface area contributed by atoms with Gasteiger partial charge in [0.25, 0.3) is 0 Å². The number of unbranched alkanes of at least 4 members (excludes halogenated alkanes) is 1. The molecule has 1 atom stereocenters. The number of aryl methyl sites for hydroxylation is 1. The average molecular weight is 244 g/mol. The molecule has 0 amide bonds. The van der Waals surface area contributed by atoms with Gasteiger partial charge >= 0.3 is 10.2 Å². The van der Waals surface area contributed by atoms with E-state index in [0.29, 0.717) is 5.56 Å². The third-order valence-electron chi connectivity index (χ3n) is 2.69. The Bertz CT molecular complexity index is 423. The SMILES string of the molecule is CCCCc1ccc(C(C)S(=O)(=O)F)cc1. The van der Waals surface area contributed by atoms with Gasteiger partial charge in [-0.05, 0) is 30.9 Å². The number of benzene rings is 1. The van der Waals surface area contributed by atoms with Gasteiger partial charge in [0.05, 0.1) is 0 Å². The third-order valence-corrected chi connectivity index (χ3v) is 3.81. The highest BCUT2D eigenvalue weighted by molar-refractivity contribution is 7.86. The van der Waals surface area contributed by atoms with Crippen LogP contribution in [0, 0.1) is 0 Å². The first-order valence-electron chi connectivity index (χ1n) is 5.47. The summed E-state index contributed by atoms with van der Waals surface area (Å²) in [4.78, 5) is 0. The fourth-order valence-electron chi connectivity index (χ4n) is 1.50. The van der Waals surface area contributed by atoms with Crippen molar-refractivity contribution < 1.29 is 12.3 Å². The lowest BCUT2D eigenvalue weighted by molar-refractivity contribution is 0.540. The second-order valence-electron chi connectivity index (χ2n) is 3.96. The summed E-state index contributed by atoms with van der Waals surface area (Å²) in [5.74, 6) is 0. The number of rotatable bonds is 5. The Labute approximate surface area is 96.7 Å². The average Bonchev–Trinajstić information content (AvgIpc) is 2.25. The molecule has 16 heavy (non-hydrogen) atoms. The minimum absolute atomic E-state index is 0.503. The van der Waals surface area contributed by atoms with E-state index < -0.39 is 15.5 Å². The zero-order chi connectivity index (χ0) is 12.2. The molecule has 0 saturated carbocycles. The van der Waals surface area contributed by atoms with Gasteiger partial charge in [0.1, 0.15) is 5.25 Å². The van der Waals surface area contributed by atoms with Crippen molar-refractivity contribution in [2.75, 3.05) is 0 Å². The van der Waals surface area contributed by atoms with Gasteiger partial charge in [-0.1, -0.05) is 37.6 Å². The van der Waals surface area contributed by atoms with Gasteiger partial charge in [-0.2, -0.15) is 8.42 Å². The van der Waals surface area contributed by atoms with Crippen LogP contribution in [0.2, 0.25) is 0 Å². The number of hydrogen-bond donors (Lipinski definition) is 0. The molecule has 0 N–H and O–H groups in total. The lowest BCUT2D eigenvalue weighted by Gasteiger charge is -2.08. The molecule has 0 radical (unpaired) electrons. The van der Waals surface area contributed by atoms with Crippen LogP contribution in [0.3, 0.4) is 0 Å². The predicted octanol–water partition coefficient (Wildman–Crippen LogP) is 3.39. The van der Waals surface area contributed by atoms with Crippen molar-refractivity contribution in [2.45, 2.75) is 38.4 Å². The molecule has 2 nitrogen and oxygen atoms in total. The summed E-state index contributed by atoms with van der Waals surface area (Å²) >= 11 is 0. The van der Waals surface area contributed by atoms with E-state index in [-0.39, 0.29) is 0 Å². The maximum absolute atomic E-state index is 12.7. The van der Waals surface area contributed by atoms with Gasteiger partial charge in [-0.3, -0.25) is 0 Å². The van der Waals surface area contributed by atoms with E-state index in [2.05, 4.69) is 6.92 Å². The summed E-state index contributed by atoms with van der Waals surface area (Å²) in [7, 11) is -4.49. The van der Waals surface area contributed by atoms with Crippen LogP contribution < -0.4 is 0 Å². The van der Waals surface area contributed by atoms with Crippen LogP contribution in [0.5, 0.6) is 0 Å². The lowest BCUT2D eigenvalue weighted by Crippen LogP contribution is -2.03. The molecular weight excluding hydrogens is 227 g/mol. The van der Waals surface area contributed by atoms with Crippen LogP contribution in [0.15, 0.2) is 24.3 Å². The number of halogens is 1. The summed E-state index contributed by atoms with van der Waals surface area (Å²) in [6.45, 7) is 3.47. The molecular formula is C12H17FO2S. The summed E-state index contributed by atoms with van der Waals surface area (Å²) in [5, 5.41) is -1.08. The van der Waals surface area contributed by atoms with E-state index in [1.54, 1.807) is 12.1 Å². The second-order valence-corrected chi connectivity index (χ2v) is 5.62. The first-order valence-corrected chi connectivity index (χ1v) is 6.92. The largest absolute Gasteiger partial charge is 0.309 e. The molecule has 1 rings (SSSR count). The lowest BCUT2D eigenvalue weighted by atomic mass is 10.1. The Morgan fingerprint density at radius 3 is 2.25 bits per heavy atom. The molecule has 0 fully saturated rings. The van der Waals surface area contributed by atoms with Crippen LogP contribution >= 0.6 is 0 Å². The molecule has 0 aromatic heterocycles. The molecule has 0 saturated heterocycles. The predicted molar refractivity (Wildman–Crippen MR) is 63.5 cm³/mol. The highest BCUT2D eigenvalue weighted by Gasteiger charge is 2.20. The van der Waals surface area contributed by atoms with E-state index in [1.165, 1.54) is 6.92 Å². The van der Waals surface area contributed by atoms with Crippen molar-refractivity contribution >= 4 is 10.2 Å². The fraction of sp³-hybridized carbons (Fsp3) is 0.500. The first-order chi connectivity index (χ1) is 7.45. The Morgan fingerprint density at radius 1 is 1.25 bits per heavy atom. The monoisotopic (exact) mass is 244 g/mol. The standard InChI is InChI=1S/C12H17FO2S/c1-3-4-5-11-6-8-12(9-7-11)10(2)16(13,14)15/h6-10H,3-5H2,1-2H3. The minimum atomic E-state index is -4.49. The van der Waals surface area contributed by atoms with E-state index in [4.69, 9.17) is 0 Å². The third kappa shape index (κ3) is 3.59. The molecule has 1 aromatic rings. The Hall–Kier alpha value is -0.900. The number of hydrogen-bond acceptors (Lipinski definition) is 2. The van der Waals surface area contributed by atoms with Crippen LogP contribution in [-0.2, 0) is 16.6 Å². The molecule has 0 bridgehead atoms. The fourth-order valence-corrected chi connectivity index (χ4v) is 1.98. The maximum Gasteiger partial charge on any atom is 0.309 e. The zero-order valence-corrected chi connectivity index (χ0v) is 10.4. The zero-order valence-electron chi connectivity index (χ0n) is 9.61. The Morgan fingerprint density at radius 2 is 1.81 bits per heavy atom. The molecule has 1 unspecified atom stereocenters. The van der Waals surface area contributed by atoms with Gasteiger partial charge in [-0.25, -0.2) is 0 Å². The van der Waals surface area contributed by atoms with Crippen LogP contribution in [-0.4, -0.2) is 8.42 Å². The van der Waals surface area contributed by atoms with Crippen LogP contribution in [0.25, 0.3) is 0 Å². The molecule has 0 aliphatic carbocycles. The quantitative estimate of drug-likeness (QED) is 0.744. The second kappa shape index (κ2) is 5.43. The van der Waals surface area contributed by atoms with Crippen molar-refractivity contribution in [1.29, 1.82) is 0 Å². The van der Waals surface area contributed by atoms with Gasteiger partial charge in [0.2, 0.25) is 0 Å². The molecule has 0 aliphatic heterocycles. The van der Waals surface area contributed by atoms with Crippen LogP contribution in [0.4, 0.5) is 3.89 Å². The summed E-state index contributed by atoms with van der Waals surface area (Å²) in [6.07, 6.45) is 3.21. The van der Waals surface area contributed by atoms with Gasteiger partial charge in [0.15, 0.2) is 0 Å². The summed E-state index contributed by atoms with van der Waals surface area (Å²) < 4.78 is 34.2. The van der Waals surface area contributed by atoms with Crippen molar-refractivity contribution in [3.63, 3.8) is 0 Å². The van der Waals surface area contributed by atoms with Gasteiger partial charge < -0.3 is 0 Å². The Kier molecular flexibility index (Phi) is 4.47. The normalized spacial score (nSPS) is 13.7. The maximum atomic E-state index is 12.7. The highest BCUT2D eigenvalue weighted by atomic mass is 32.3. The van der Waals surface area contributed by atoms with E-state index >= 15 is 0 Å². The van der Waals surface area contributed by atoms with E-state index in [1.807, 2.05) is 12.1 Å². The summed E-state index contributed by atoms with van der Waals surface area (Å²) in [5.41, 5.74) is 1.66. The topological polar surface area (TPSA) is 34.1 Å². The molecule has 1 aromatic carbocycles. The summed E-state index contributed by atoms with van der Waals surface area (Å²) in [6, 6.07) is 7.11. The highest BCUT2D eigenvalue weighted by Crippen LogP contribution is 2.23. The van der Waals surface area contributed by atoms with Crippen molar-refractivity contribution in [3.8, 4) is 0 Å². The molecule has 0 aliphatic rings. The van der Waals surface area contributed by atoms with Crippen LogP contribution in [0.1, 0.15) is 43.1 Å². The van der Waals surface area contributed by atoms with Crippen molar-refractivity contribution in [2.24, 2.45) is 0 Å². The van der Waals surface area contributed by atoms with Crippen molar-refractivity contribution in [3.05, 3.63) is 35.4 Å². The Balaban J connectivity index is 2.79. The van der Waals surface area contributed by atoms with Crippen molar-refractivity contribution in [1.82, 2.24) is 0 Å². The smallest absolute Gasteiger partial charge is 0.194 e. The molecule has 90 valence electrons. The van der Waals surface area contributed by atoms with E-state index in [0.717, 1.165) is 24.8 Å². The molecule has 0 heterocycles. The molecule has 4 heteroatoms. The molecule has 0 spiro atoms. The van der Waals surface area contributed by atoms with E-state index in [9.17, 15) is 12.3 Å².